The average Bonchev–Trinajstić information content (AvgIpc) is 3.53. The van der Waals surface area contributed by atoms with E-state index in [-0.39, 0.29) is 24.0 Å². The fraction of sp³-hybridized carbons (Fsp3) is 0.571. The smallest absolute Gasteiger partial charge is 0.291 e. The van der Waals surface area contributed by atoms with Gasteiger partial charge in [0.1, 0.15) is 20.3 Å². The molecule has 0 spiro atoms. The van der Waals surface area contributed by atoms with E-state index in [1.165, 1.54) is 7.11 Å². The summed E-state index contributed by atoms with van der Waals surface area (Å²) in [6.07, 6.45) is 3.94. The Labute approximate surface area is 235 Å². The molecule has 0 bridgehead atoms. The van der Waals surface area contributed by atoms with Crippen LogP contribution < -0.4 is 42.8 Å². The molecule has 0 amide bonds. The van der Waals surface area contributed by atoms with Gasteiger partial charge in [-0.2, -0.15) is 4.37 Å². The zero-order valence-electron chi connectivity index (χ0n) is 20.2. The summed E-state index contributed by atoms with van der Waals surface area (Å²) in [5.74, 6) is 1.29. The van der Waals surface area contributed by atoms with Crippen molar-refractivity contribution in [2.24, 2.45) is 7.05 Å². The fourth-order valence-corrected chi connectivity index (χ4v) is 3.71. The predicted molar refractivity (Wildman–Crippen MR) is 127 cm³/mol. The van der Waals surface area contributed by atoms with Gasteiger partial charge in [0.25, 0.3) is 17.6 Å². The monoisotopic (exact) mass is 655 g/mol. The van der Waals surface area contributed by atoms with Crippen molar-refractivity contribution in [2.45, 2.75) is 0 Å². The molecule has 0 unspecified atom stereocenters. The number of ether oxygens (including phenoxy) is 7. The fourth-order valence-electron chi connectivity index (χ4n) is 2.72. The molecule has 0 N–H and O–H groups in total. The van der Waals surface area contributed by atoms with Crippen LogP contribution in [-0.4, -0.2) is 90.7 Å². The maximum atomic E-state index is 5.72. The maximum Gasteiger partial charge on any atom is 0.291 e. The number of hydrogen-bond acceptors (Lipinski definition) is 13. The van der Waals surface area contributed by atoms with E-state index in [2.05, 4.69) is 17.5 Å². The van der Waals surface area contributed by atoms with E-state index >= 15 is 0 Å². The summed E-state index contributed by atoms with van der Waals surface area (Å²) < 4.78 is 56.5. The van der Waals surface area contributed by atoms with Crippen LogP contribution >= 0.6 is 23.5 Å². The standard InChI is InChI=1S/C21H30N5O7S2.HI/c1-26-5-3-4-17(16-26)18-19(23-34-22-18)32-14-12-30-10-8-28-6-7-29-9-11-31-13-15-33-21-20(27-2)24-35-25-21;/h3-5,16H,6-15H2,1-2H3;1H/q+1;/p-1. The number of pyridine rings is 1. The van der Waals surface area contributed by atoms with Crippen molar-refractivity contribution in [3.8, 4) is 28.9 Å². The molecule has 0 saturated heterocycles. The molecular weight excluding hydrogens is 625 g/mol. The molecule has 0 aliphatic heterocycles. The summed E-state index contributed by atoms with van der Waals surface area (Å²) in [6.45, 7) is 4.50. The number of aryl methyl sites for hydroxylation is 1. The second kappa shape index (κ2) is 18.5. The molecule has 0 fully saturated rings. The minimum absolute atomic E-state index is 0. The van der Waals surface area contributed by atoms with Crippen LogP contribution in [0.2, 0.25) is 0 Å². The van der Waals surface area contributed by atoms with Crippen LogP contribution in [0.3, 0.4) is 0 Å². The van der Waals surface area contributed by atoms with Crippen molar-refractivity contribution in [1.82, 2.24) is 17.5 Å². The van der Waals surface area contributed by atoms with Gasteiger partial charge in [-0.3, -0.25) is 0 Å². The quantitative estimate of drug-likeness (QED) is 0.0846. The lowest BCUT2D eigenvalue weighted by Crippen LogP contribution is -3.00. The Morgan fingerprint density at radius 2 is 1.19 bits per heavy atom. The van der Waals surface area contributed by atoms with Gasteiger partial charge in [0.15, 0.2) is 18.1 Å². The second-order valence-electron chi connectivity index (χ2n) is 6.90. The van der Waals surface area contributed by atoms with Gasteiger partial charge < -0.3 is 57.1 Å². The molecule has 0 atom stereocenters. The van der Waals surface area contributed by atoms with E-state index in [0.29, 0.717) is 83.7 Å². The Morgan fingerprint density at radius 1 is 0.694 bits per heavy atom. The molecule has 3 aromatic rings. The molecule has 3 rings (SSSR count). The van der Waals surface area contributed by atoms with Gasteiger partial charge in [-0.15, -0.1) is 13.1 Å². The highest BCUT2D eigenvalue weighted by molar-refractivity contribution is 6.99. The third-order valence-electron chi connectivity index (χ3n) is 4.34. The molecule has 0 aliphatic rings. The van der Waals surface area contributed by atoms with E-state index in [0.717, 1.165) is 34.7 Å². The zero-order chi connectivity index (χ0) is 24.6. The number of nitrogens with zero attached hydrogens (tertiary/aromatic N) is 5. The van der Waals surface area contributed by atoms with Crippen LogP contribution in [0.4, 0.5) is 0 Å². The predicted octanol–water partition coefficient (Wildman–Crippen LogP) is -1.58. The van der Waals surface area contributed by atoms with Gasteiger partial charge in [0.05, 0.1) is 89.0 Å². The van der Waals surface area contributed by atoms with E-state index in [4.69, 9.17) is 33.2 Å². The molecule has 0 saturated carbocycles. The Bertz CT molecular complexity index is 982. The van der Waals surface area contributed by atoms with Crippen molar-refractivity contribution in [3.63, 3.8) is 0 Å². The molecular formula is C21H30IN5O7S2. The number of hydrogen-bond donors (Lipinski definition) is 0. The molecule has 12 nitrogen and oxygen atoms in total. The van der Waals surface area contributed by atoms with E-state index in [1.807, 2.05) is 36.1 Å². The minimum atomic E-state index is 0. The van der Waals surface area contributed by atoms with E-state index < -0.39 is 0 Å². The number of rotatable bonds is 19. The Morgan fingerprint density at radius 3 is 1.78 bits per heavy atom. The Hall–Kier alpha value is -1.76. The average molecular weight is 656 g/mol. The maximum absolute atomic E-state index is 5.72. The van der Waals surface area contributed by atoms with Gasteiger partial charge in [-0.25, -0.2) is 4.57 Å². The summed E-state index contributed by atoms with van der Waals surface area (Å²) >= 11 is 2.16. The van der Waals surface area contributed by atoms with Crippen molar-refractivity contribution < 1.29 is 61.7 Å². The minimum Gasteiger partial charge on any atom is -1.00 e. The summed E-state index contributed by atoms with van der Waals surface area (Å²) in [4.78, 5) is 0. The van der Waals surface area contributed by atoms with Crippen LogP contribution in [-0.2, 0) is 26.0 Å². The van der Waals surface area contributed by atoms with Crippen molar-refractivity contribution in [3.05, 3.63) is 24.5 Å². The molecule has 0 radical (unpaired) electrons. The van der Waals surface area contributed by atoms with Gasteiger partial charge in [0, 0.05) is 6.07 Å². The third kappa shape index (κ3) is 11.1. The first-order valence-corrected chi connectivity index (χ1v) is 12.5. The SMILES string of the molecule is COc1nsnc1OCCOCCOCCOCCOCCOc1nsnc1-c1ccc[n+](C)c1.[I-]. The molecule has 3 aromatic heterocycles. The normalized spacial score (nSPS) is 10.7. The molecule has 200 valence electrons. The number of methoxy groups -OCH3 is 1. The second-order valence-corrected chi connectivity index (χ2v) is 7.96. The Balaban J connectivity index is 0.00000456. The topological polar surface area (TPSA) is 120 Å². The van der Waals surface area contributed by atoms with Crippen molar-refractivity contribution in [1.29, 1.82) is 0 Å². The third-order valence-corrected chi connectivity index (χ3v) is 5.35. The number of halogens is 1. The molecule has 36 heavy (non-hydrogen) atoms. The van der Waals surface area contributed by atoms with Gasteiger partial charge >= 0.3 is 0 Å². The lowest BCUT2D eigenvalue weighted by atomic mass is 10.2. The lowest BCUT2D eigenvalue weighted by molar-refractivity contribution is -0.671. The van der Waals surface area contributed by atoms with Crippen LogP contribution in [0.25, 0.3) is 11.3 Å². The summed E-state index contributed by atoms with van der Waals surface area (Å²) in [7, 11) is 3.48. The summed E-state index contributed by atoms with van der Waals surface area (Å²) in [5, 5.41) is 0. The van der Waals surface area contributed by atoms with Crippen LogP contribution in [0.15, 0.2) is 24.5 Å². The lowest BCUT2D eigenvalue weighted by Gasteiger charge is -2.08. The highest BCUT2D eigenvalue weighted by Gasteiger charge is 2.14. The van der Waals surface area contributed by atoms with Crippen molar-refractivity contribution in [2.75, 3.05) is 73.2 Å². The van der Waals surface area contributed by atoms with Crippen LogP contribution in [0, 0.1) is 0 Å². The van der Waals surface area contributed by atoms with Crippen LogP contribution in [0.1, 0.15) is 0 Å². The number of aromatic nitrogens is 5. The van der Waals surface area contributed by atoms with Crippen LogP contribution in [0.5, 0.6) is 17.6 Å². The molecule has 0 aromatic carbocycles. The molecule has 3 heterocycles. The summed E-state index contributed by atoms with van der Waals surface area (Å²) in [5.41, 5.74) is 1.70. The first kappa shape index (κ1) is 30.5. The molecule has 0 aliphatic carbocycles. The van der Waals surface area contributed by atoms with Gasteiger partial charge in [0.2, 0.25) is 0 Å². The van der Waals surface area contributed by atoms with E-state index in [9.17, 15) is 0 Å². The summed E-state index contributed by atoms with van der Waals surface area (Å²) in [6, 6.07) is 3.93. The highest BCUT2D eigenvalue weighted by atomic mass is 127. The first-order chi connectivity index (χ1) is 17.3. The largest absolute Gasteiger partial charge is 1.00 e. The Kier molecular flexibility index (Phi) is 15.6. The molecule has 15 heteroatoms. The first-order valence-electron chi connectivity index (χ1n) is 11.0. The van der Waals surface area contributed by atoms with Gasteiger partial charge in [-0.1, -0.05) is 0 Å². The van der Waals surface area contributed by atoms with E-state index in [1.54, 1.807) is 0 Å². The van der Waals surface area contributed by atoms with Crippen molar-refractivity contribution >= 4 is 23.5 Å². The zero-order valence-corrected chi connectivity index (χ0v) is 24.0. The van der Waals surface area contributed by atoms with Gasteiger partial charge in [-0.05, 0) is 6.07 Å². The highest BCUT2D eigenvalue weighted by Crippen LogP contribution is 2.26.